The highest BCUT2D eigenvalue weighted by atomic mass is 16.5. The molecule has 134 valence electrons. The molecule has 25 heavy (non-hydrogen) atoms. The lowest BCUT2D eigenvalue weighted by atomic mass is 10.1. The molecule has 0 bridgehead atoms. The van der Waals surface area contributed by atoms with E-state index in [0.29, 0.717) is 25.9 Å². The monoisotopic (exact) mass is 343 g/mol. The fourth-order valence-electron chi connectivity index (χ4n) is 3.02. The molecule has 2 aromatic rings. The largest absolute Gasteiger partial charge is 0.491 e. The van der Waals surface area contributed by atoms with Crippen LogP contribution in [0.1, 0.15) is 24.8 Å². The van der Waals surface area contributed by atoms with Gasteiger partial charge in [0.2, 0.25) is 5.91 Å². The maximum absolute atomic E-state index is 12.3. The highest BCUT2D eigenvalue weighted by Crippen LogP contribution is 2.24. The average Bonchev–Trinajstić information content (AvgIpc) is 3.25. The fourth-order valence-corrected chi connectivity index (χ4v) is 3.02. The number of carbonyl (C=O) groups is 1. The van der Waals surface area contributed by atoms with Crippen molar-refractivity contribution in [2.24, 2.45) is 0 Å². The maximum Gasteiger partial charge on any atom is 0.222 e. The van der Waals surface area contributed by atoms with Crippen LogP contribution in [-0.2, 0) is 11.3 Å². The van der Waals surface area contributed by atoms with Gasteiger partial charge in [0.1, 0.15) is 18.0 Å². The standard InChI is InChI=1S/C19H25N3O3/c1-16-5-7-17(8-6-16)25-15-19(24)9-13-21(14-19)18(23)4-2-11-22-12-3-10-20-22/h3,5-8,10,12,24H,2,4,9,11,13-15H2,1H3. The van der Waals surface area contributed by atoms with Gasteiger partial charge >= 0.3 is 0 Å². The van der Waals surface area contributed by atoms with Gasteiger partial charge in [-0.25, -0.2) is 0 Å². The number of likely N-dealkylation sites (tertiary alicyclic amines) is 1. The third-order valence-electron chi connectivity index (χ3n) is 4.55. The van der Waals surface area contributed by atoms with E-state index in [4.69, 9.17) is 4.74 Å². The van der Waals surface area contributed by atoms with Crippen LogP contribution in [0.4, 0.5) is 0 Å². The molecule has 1 atom stereocenters. The maximum atomic E-state index is 12.3. The first-order chi connectivity index (χ1) is 12.0. The predicted molar refractivity (Wildman–Crippen MR) is 94.3 cm³/mol. The molecule has 1 aliphatic rings. The summed E-state index contributed by atoms with van der Waals surface area (Å²) in [5, 5.41) is 14.8. The van der Waals surface area contributed by atoms with E-state index in [-0.39, 0.29) is 12.5 Å². The van der Waals surface area contributed by atoms with Crippen molar-refractivity contribution in [3.63, 3.8) is 0 Å². The van der Waals surface area contributed by atoms with Crippen molar-refractivity contribution in [1.29, 1.82) is 0 Å². The quantitative estimate of drug-likeness (QED) is 0.835. The topological polar surface area (TPSA) is 67.6 Å². The van der Waals surface area contributed by atoms with Crippen molar-refractivity contribution in [2.75, 3.05) is 19.7 Å². The van der Waals surface area contributed by atoms with Crippen molar-refractivity contribution < 1.29 is 14.6 Å². The molecule has 6 heteroatoms. The lowest BCUT2D eigenvalue weighted by Gasteiger charge is -2.23. The molecule has 0 radical (unpaired) electrons. The smallest absolute Gasteiger partial charge is 0.222 e. The molecule has 1 aliphatic heterocycles. The molecule has 1 amide bonds. The number of aliphatic hydroxyl groups is 1. The molecule has 6 nitrogen and oxygen atoms in total. The van der Waals surface area contributed by atoms with Crippen molar-refractivity contribution >= 4 is 5.91 Å². The molecule has 0 saturated carbocycles. The lowest BCUT2D eigenvalue weighted by molar-refractivity contribution is -0.131. The minimum Gasteiger partial charge on any atom is -0.491 e. The molecule has 1 saturated heterocycles. The summed E-state index contributed by atoms with van der Waals surface area (Å²) in [6.07, 6.45) is 5.38. The third kappa shape index (κ3) is 4.82. The highest BCUT2D eigenvalue weighted by molar-refractivity contribution is 5.76. The number of aryl methyl sites for hydroxylation is 2. The third-order valence-corrected chi connectivity index (χ3v) is 4.55. The summed E-state index contributed by atoms with van der Waals surface area (Å²) in [6.45, 7) is 3.86. The number of benzene rings is 1. The van der Waals surface area contributed by atoms with E-state index >= 15 is 0 Å². The fraction of sp³-hybridized carbons (Fsp3) is 0.474. The van der Waals surface area contributed by atoms with Gasteiger partial charge in [-0.15, -0.1) is 0 Å². The SMILES string of the molecule is Cc1ccc(OCC2(O)CCN(C(=O)CCCn3cccn3)C2)cc1. The van der Waals surface area contributed by atoms with Crippen molar-refractivity contribution in [3.8, 4) is 5.75 Å². The van der Waals surface area contributed by atoms with E-state index < -0.39 is 5.60 Å². The van der Waals surface area contributed by atoms with Crippen molar-refractivity contribution in [1.82, 2.24) is 14.7 Å². The Bertz CT molecular complexity index is 684. The van der Waals surface area contributed by atoms with Gasteiger partial charge in [-0.3, -0.25) is 9.48 Å². The first-order valence-electron chi connectivity index (χ1n) is 8.71. The van der Waals surface area contributed by atoms with Crippen LogP contribution in [0.2, 0.25) is 0 Å². The Hall–Kier alpha value is -2.34. The number of carbonyl (C=O) groups excluding carboxylic acids is 1. The molecule has 0 aliphatic carbocycles. The van der Waals surface area contributed by atoms with Crippen LogP contribution in [0.25, 0.3) is 0 Å². The van der Waals surface area contributed by atoms with E-state index in [0.717, 1.165) is 18.7 Å². The summed E-state index contributed by atoms with van der Waals surface area (Å²) in [7, 11) is 0. The van der Waals surface area contributed by atoms with Gasteiger partial charge in [0.05, 0.1) is 6.54 Å². The molecule has 1 fully saturated rings. The van der Waals surface area contributed by atoms with Crippen LogP contribution in [0.15, 0.2) is 42.7 Å². The van der Waals surface area contributed by atoms with E-state index in [1.165, 1.54) is 5.56 Å². The summed E-state index contributed by atoms with van der Waals surface area (Å²) in [6, 6.07) is 9.61. The van der Waals surface area contributed by atoms with Gasteiger partial charge < -0.3 is 14.7 Å². The molecular formula is C19H25N3O3. The second-order valence-electron chi connectivity index (χ2n) is 6.76. The Balaban J connectivity index is 1.43. The number of rotatable bonds is 7. The summed E-state index contributed by atoms with van der Waals surface area (Å²) in [5.74, 6) is 0.821. The molecule has 1 N–H and O–H groups in total. The number of hydrogen-bond donors (Lipinski definition) is 1. The predicted octanol–water partition coefficient (Wildman–Crippen LogP) is 2.01. The Morgan fingerprint density at radius 1 is 1.36 bits per heavy atom. The molecule has 1 aromatic heterocycles. The van der Waals surface area contributed by atoms with Gasteiger partial charge in [-0.2, -0.15) is 5.10 Å². The number of aromatic nitrogens is 2. The van der Waals surface area contributed by atoms with Gasteiger partial charge in [0.25, 0.3) is 0 Å². The number of nitrogens with zero attached hydrogens (tertiary/aromatic N) is 3. The van der Waals surface area contributed by atoms with Crippen LogP contribution in [-0.4, -0.2) is 51.0 Å². The number of amides is 1. The number of β-amino-alcohol motifs (C(OH)–C–C–N with tert-alkyl or cyclic N) is 1. The molecular weight excluding hydrogens is 318 g/mol. The molecule has 2 heterocycles. The summed E-state index contributed by atoms with van der Waals surface area (Å²) >= 11 is 0. The summed E-state index contributed by atoms with van der Waals surface area (Å²) < 4.78 is 7.53. The van der Waals surface area contributed by atoms with Crippen LogP contribution < -0.4 is 4.74 Å². The van der Waals surface area contributed by atoms with Crippen LogP contribution in [0, 0.1) is 6.92 Å². The molecule has 1 aromatic carbocycles. The lowest BCUT2D eigenvalue weighted by Crippen LogP contribution is -2.40. The summed E-state index contributed by atoms with van der Waals surface area (Å²) in [5.41, 5.74) is 0.196. The second kappa shape index (κ2) is 7.70. The first-order valence-corrected chi connectivity index (χ1v) is 8.71. The van der Waals surface area contributed by atoms with Crippen LogP contribution in [0.5, 0.6) is 5.75 Å². The van der Waals surface area contributed by atoms with E-state index in [1.807, 2.05) is 48.1 Å². The Kier molecular flexibility index (Phi) is 5.38. The van der Waals surface area contributed by atoms with E-state index in [1.54, 1.807) is 11.1 Å². The van der Waals surface area contributed by atoms with Crippen LogP contribution >= 0.6 is 0 Å². The van der Waals surface area contributed by atoms with Crippen molar-refractivity contribution in [2.45, 2.75) is 38.3 Å². The zero-order valence-corrected chi connectivity index (χ0v) is 14.6. The van der Waals surface area contributed by atoms with Gasteiger partial charge in [0.15, 0.2) is 0 Å². The second-order valence-corrected chi connectivity index (χ2v) is 6.76. The van der Waals surface area contributed by atoms with E-state index in [9.17, 15) is 9.90 Å². The Morgan fingerprint density at radius 2 is 2.16 bits per heavy atom. The Morgan fingerprint density at radius 3 is 2.88 bits per heavy atom. The molecule has 1 unspecified atom stereocenters. The normalized spacial score (nSPS) is 20.0. The minimum atomic E-state index is -0.970. The average molecular weight is 343 g/mol. The van der Waals surface area contributed by atoms with Gasteiger partial charge in [-0.05, 0) is 38.0 Å². The van der Waals surface area contributed by atoms with Crippen LogP contribution in [0.3, 0.4) is 0 Å². The van der Waals surface area contributed by atoms with Gasteiger partial charge in [0, 0.05) is 31.9 Å². The van der Waals surface area contributed by atoms with Gasteiger partial charge in [-0.1, -0.05) is 17.7 Å². The number of ether oxygens (including phenoxy) is 1. The highest BCUT2D eigenvalue weighted by Gasteiger charge is 2.38. The Labute approximate surface area is 148 Å². The van der Waals surface area contributed by atoms with E-state index in [2.05, 4.69) is 5.10 Å². The minimum absolute atomic E-state index is 0.0819. The summed E-state index contributed by atoms with van der Waals surface area (Å²) in [4.78, 5) is 14.1. The molecule has 0 spiro atoms. The van der Waals surface area contributed by atoms with Crippen molar-refractivity contribution in [3.05, 3.63) is 48.3 Å². The zero-order chi connectivity index (χ0) is 17.7. The number of hydrogen-bond acceptors (Lipinski definition) is 4. The zero-order valence-electron chi connectivity index (χ0n) is 14.6. The molecule has 3 rings (SSSR count). The first kappa shape index (κ1) is 17.5.